The summed E-state index contributed by atoms with van der Waals surface area (Å²) in [5, 5.41) is 20.2. The maximum atomic E-state index is 11.6. The van der Waals surface area contributed by atoms with Gasteiger partial charge in [-0.2, -0.15) is 0 Å². The van der Waals surface area contributed by atoms with Crippen LogP contribution in [-0.4, -0.2) is 41.6 Å². The summed E-state index contributed by atoms with van der Waals surface area (Å²) in [6.45, 7) is 0. The lowest BCUT2D eigenvalue weighted by Crippen LogP contribution is -2.43. The molecule has 102 valence electrons. The van der Waals surface area contributed by atoms with E-state index in [1.54, 1.807) is 24.3 Å². The fraction of sp³-hybridized carbons (Fsp3) is 0.357. The fourth-order valence-electron chi connectivity index (χ4n) is 2.02. The molecule has 1 aliphatic heterocycles. The van der Waals surface area contributed by atoms with Gasteiger partial charge < -0.3 is 19.7 Å². The highest BCUT2D eigenvalue weighted by Crippen LogP contribution is 2.27. The second kappa shape index (κ2) is 5.97. The number of rotatable bonds is 2. The number of ether oxygens (including phenoxy) is 2. The topological polar surface area (TPSA) is 76.0 Å². The maximum absolute atomic E-state index is 11.6. The van der Waals surface area contributed by atoms with Gasteiger partial charge in [-0.15, -0.1) is 0 Å². The Bertz CT molecular complexity index is 456. The number of cyclic esters (lactones) is 1. The SMILES string of the molecule is CO[C@@H]1C=CC(=O)O[C@H](c2ccccc2)[C@H](O)[C@H]1O. The van der Waals surface area contributed by atoms with Crippen LogP contribution >= 0.6 is 0 Å². The molecule has 0 fully saturated rings. The van der Waals surface area contributed by atoms with Crippen molar-refractivity contribution in [3.05, 3.63) is 48.0 Å². The Morgan fingerprint density at radius 2 is 1.84 bits per heavy atom. The van der Waals surface area contributed by atoms with E-state index >= 15 is 0 Å². The van der Waals surface area contributed by atoms with E-state index in [9.17, 15) is 15.0 Å². The highest BCUT2D eigenvalue weighted by Gasteiger charge is 2.36. The van der Waals surface area contributed by atoms with Gasteiger partial charge in [-0.05, 0) is 11.6 Å². The molecular weight excluding hydrogens is 248 g/mol. The highest BCUT2D eigenvalue weighted by atomic mass is 16.6. The second-order valence-corrected chi connectivity index (χ2v) is 4.31. The first-order chi connectivity index (χ1) is 9.13. The summed E-state index contributed by atoms with van der Waals surface area (Å²) < 4.78 is 10.2. The van der Waals surface area contributed by atoms with Gasteiger partial charge in [0, 0.05) is 13.2 Å². The van der Waals surface area contributed by atoms with Crippen molar-refractivity contribution in [1.29, 1.82) is 0 Å². The summed E-state index contributed by atoms with van der Waals surface area (Å²) in [7, 11) is 1.40. The molecule has 0 saturated carbocycles. The Morgan fingerprint density at radius 3 is 2.47 bits per heavy atom. The molecule has 0 aromatic heterocycles. The monoisotopic (exact) mass is 264 g/mol. The van der Waals surface area contributed by atoms with Crippen molar-refractivity contribution in [2.45, 2.75) is 24.4 Å². The van der Waals surface area contributed by atoms with E-state index in [0.717, 1.165) is 0 Å². The largest absolute Gasteiger partial charge is 0.451 e. The third kappa shape index (κ3) is 3.01. The lowest BCUT2D eigenvalue weighted by molar-refractivity contribution is -0.162. The normalized spacial score (nSPS) is 31.4. The van der Waals surface area contributed by atoms with E-state index in [1.165, 1.54) is 19.3 Å². The number of hydrogen-bond donors (Lipinski definition) is 2. The van der Waals surface area contributed by atoms with E-state index in [1.807, 2.05) is 6.07 Å². The molecule has 19 heavy (non-hydrogen) atoms. The Balaban J connectivity index is 2.33. The molecule has 0 aliphatic carbocycles. The number of methoxy groups -OCH3 is 1. The van der Waals surface area contributed by atoms with E-state index in [0.29, 0.717) is 5.56 Å². The van der Waals surface area contributed by atoms with Gasteiger partial charge in [0.25, 0.3) is 0 Å². The van der Waals surface area contributed by atoms with Gasteiger partial charge in [0.2, 0.25) is 0 Å². The number of esters is 1. The van der Waals surface area contributed by atoms with Crippen LogP contribution in [0.5, 0.6) is 0 Å². The van der Waals surface area contributed by atoms with Crippen molar-refractivity contribution in [2.24, 2.45) is 0 Å². The van der Waals surface area contributed by atoms with Gasteiger partial charge in [0.1, 0.15) is 18.3 Å². The first-order valence-electron chi connectivity index (χ1n) is 5.96. The molecule has 1 aromatic carbocycles. The summed E-state index contributed by atoms with van der Waals surface area (Å²) >= 11 is 0. The fourth-order valence-corrected chi connectivity index (χ4v) is 2.02. The van der Waals surface area contributed by atoms with Crippen LogP contribution in [0.15, 0.2) is 42.5 Å². The van der Waals surface area contributed by atoms with Crippen LogP contribution < -0.4 is 0 Å². The van der Waals surface area contributed by atoms with Gasteiger partial charge in [-0.25, -0.2) is 4.79 Å². The number of carbonyl (C=O) groups is 1. The molecule has 1 aliphatic rings. The van der Waals surface area contributed by atoms with Gasteiger partial charge in [0.15, 0.2) is 6.10 Å². The van der Waals surface area contributed by atoms with E-state index in [-0.39, 0.29) is 0 Å². The first-order valence-corrected chi connectivity index (χ1v) is 5.96. The third-order valence-corrected chi connectivity index (χ3v) is 3.06. The van der Waals surface area contributed by atoms with Crippen LogP contribution in [0.2, 0.25) is 0 Å². The molecule has 1 aromatic rings. The predicted octanol–water partition coefficient (Wildman–Crippen LogP) is 0.577. The van der Waals surface area contributed by atoms with Crippen LogP contribution in [-0.2, 0) is 14.3 Å². The van der Waals surface area contributed by atoms with Crippen molar-refractivity contribution in [3.63, 3.8) is 0 Å². The molecule has 0 amide bonds. The number of carbonyl (C=O) groups excluding carboxylic acids is 1. The summed E-state index contributed by atoms with van der Waals surface area (Å²) in [6.07, 6.45) is -1.56. The molecule has 4 atom stereocenters. The van der Waals surface area contributed by atoms with Crippen molar-refractivity contribution >= 4 is 5.97 Å². The molecular formula is C14H16O5. The van der Waals surface area contributed by atoms with Crippen molar-refractivity contribution in [1.82, 2.24) is 0 Å². The predicted molar refractivity (Wildman–Crippen MR) is 67.2 cm³/mol. The summed E-state index contributed by atoms with van der Waals surface area (Å²) in [6, 6.07) is 8.80. The van der Waals surface area contributed by atoms with Gasteiger partial charge >= 0.3 is 5.97 Å². The zero-order valence-electron chi connectivity index (χ0n) is 10.5. The number of aliphatic hydroxyl groups excluding tert-OH is 2. The molecule has 2 N–H and O–H groups in total. The molecule has 1 heterocycles. The summed E-state index contributed by atoms with van der Waals surface area (Å²) in [5.41, 5.74) is 0.618. The number of benzene rings is 1. The van der Waals surface area contributed by atoms with Crippen LogP contribution in [0.4, 0.5) is 0 Å². The minimum Gasteiger partial charge on any atom is -0.451 e. The highest BCUT2D eigenvalue weighted by molar-refractivity contribution is 5.82. The number of aliphatic hydroxyl groups is 2. The van der Waals surface area contributed by atoms with Crippen molar-refractivity contribution in [3.8, 4) is 0 Å². The first kappa shape index (κ1) is 13.7. The van der Waals surface area contributed by atoms with Gasteiger partial charge in [0.05, 0.1) is 0 Å². The van der Waals surface area contributed by atoms with Gasteiger partial charge in [-0.3, -0.25) is 0 Å². The quantitative estimate of drug-likeness (QED) is 0.764. The Morgan fingerprint density at radius 1 is 1.16 bits per heavy atom. The Kier molecular flexibility index (Phi) is 4.31. The van der Waals surface area contributed by atoms with E-state index in [2.05, 4.69) is 0 Å². The van der Waals surface area contributed by atoms with Crippen LogP contribution in [0.3, 0.4) is 0 Å². The van der Waals surface area contributed by atoms with Crippen LogP contribution in [0.25, 0.3) is 0 Å². The lowest BCUT2D eigenvalue weighted by Gasteiger charge is -2.31. The molecule has 0 bridgehead atoms. The van der Waals surface area contributed by atoms with E-state index < -0.39 is 30.4 Å². The average Bonchev–Trinajstić information content (AvgIpc) is 2.44. The molecule has 5 heteroatoms. The summed E-state index contributed by atoms with van der Waals surface area (Å²) in [4.78, 5) is 11.6. The Hall–Kier alpha value is -1.69. The van der Waals surface area contributed by atoms with E-state index in [4.69, 9.17) is 9.47 Å². The maximum Gasteiger partial charge on any atom is 0.331 e. The molecule has 2 rings (SSSR count). The third-order valence-electron chi connectivity index (χ3n) is 3.06. The van der Waals surface area contributed by atoms with Crippen molar-refractivity contribution in [2.75, 3.05) is 7.11 Å². The molecule has 0 saturated heterocycles. The smallest absolute Gasteiger partial charge is 0.331 e. The molecule has 0 unspecified atom stereocenters. The minimum absolute atomic E-state index is 0.582. The molecule has 5 nitrogen and oxygen atoms in total. The summed E-state index contributed by atoms with van der Waals surface area (Å²) in [5.74, 6) is -0.582. The van der Waals surface area contributed by atoms with Crippen LogP contribution in [0, 0.1) is 0 Å². The van der Waals surface area contributed by atoms with Gasteiger partial charge in [-0.1, -0.05) is 30.3 Å². The minimum atomic E-state index is -1.26. The molecule has 0 radical (unpaired) electrons. The zero-order chi connectivity index (χ0) is 13.8. The number of hydrogen-bond acceptors (Lipinski definition) is 5. The van der Waals surface area contributed by atoms with Crippen LogP contribution in [0.1, 0.15) is 11.7 Å². The molecule has 0 spiro atoms. The Labute approximate surface area is 111 Å². The van der Waals surface area contributed by atoms with Crippen molar-refractivity contribution < 1.29 is 24.5 Å². The standard InChI is InChI=1S/C14H16O5/c1-18-10-7-8-11(15)19-14(13(17)12(10)16)9-5-3-2-4-6-9/h2-8,10,12-14,16-17H,1H3/t10-,12+,13-,14-/m1/s1. The average molecular weight is 264 g/mol. The lowest BCUT2D eigenvalue weighted by atomic mass is 9.96. The zero-order valence-corrected chi connectivity index (χ0v) is 10.5. The second-order valence-electron chi connectivity index (χ2n) is 4.31.